The van der Waals surface area contributed by atoms with Gasteiger partial charge in [-0.05, 0) is 61.7 Å². The number of hydrogen-bond acceptors (Lipinski definition) is 6. The number of benzene rings is 2. The molecule has 6 nitrogen and oxygen atoms in total. The number of hydrogen-bond donors (Lipinski definition) is 1. The zero-order chi connectivity index (χ0) is 22.7. The van der Waals surface area contributed by atoms with E-state index in [1.807, 2.05) is 32.0 Å². The van der Waals surface area contributed by atoms with E-state index in [2.05, 4.69) is 4.98 Å². The zero-order valence-electron chi connectivity index (χ0n) is 18.2. The maximum absolute atomic E-state index is 13.4. The van der Waals surface area contributed by atoms with Crippen molar-refractivity contribution in [3.05, 3.63) is 88.3 Å². The second kappa shape index (κ2) is 8.95. The van der Waals surface area contributed by atoms with Gasteiger partial charge in [0, 0.05) is 30.1 Å². The molecule has 0 fully saturated rings. The fourth-order valence-corrected chi connectivity index (χ4v) is 3.42. The van der Waals surface area contributed by atoms with Crippen molar-refractivity contribution < 1.29 is 13.9 Å². The lowest BCUT2D eigenvalue weighted by Crippen LogP contribution is -2.17. The van der Waals surface area contributed by atoms with Gasteiger partial charge in [0.05, 0.1) is 7.11 Å². The van der Waals surface area contributed by atoms with Crippen LogP contribution in [0, 0.1) is 19.7 Å². The summed E-state index contributed by atoms with van der Waals surface area (Å²) < 4.78 is 18.3. The van der Waals surface area contributed by atoms with Gasteiger partial charge in [0.1, 0.15) is 11.6 Å². The molecule has 0 saturated carbocycles. The van der Waals surface area contributed by atoms with Crippen molar-refractivity contribution in [2.45, 2.75) is 20.8 Å². The number of anilines is 2. The molecular formula is C24H25FN4O2. The second-order valence-corrected chi connectivity index (χ2v) is 7.29. The molecule has 0 unspecified atom stereocenters. The standard InChI is InChI=1S/C24H25FN4O2/c1-14-7-6-8-15(2)21(14)22(16(3)26)23-27-19(24(30)31-5)13-20(28-23)29(4)18-11-9-17(25)10-12-18/h6-13H,26H2,1-5H3. The number of carbonyl (C=O) groups excluding carboxylic acids is 1. The summed E-state index contributed by atoms with van der Waals surface area (Å²) >= 11 is 0. The Balaban J connectivity index is 2.24. The van der Waals surface area contributed by atoms with Gasteiger partial charge in [-0.1, -0.05) is 18.2 Å². The lowest BCUT2D eigenvalue weighted by molar-refractivity contribution is 0.0593. The number of aromatic nitrogens is 2. The van der Waals surface area contributed by atoms with E-state index < -0.39 is 5.97 Å². The smallest absolute Gasteiger partial charge is 0.356 e. The first kappa shape index (κ1) is 22.0. The summed E-state index contributed by atoms with van der Waals surface area (Å²) in [5.74, 6) is -0.172. The minimum absolute atomic E-state index is 0.0986. The van der Waals surface area contributed by atoms with Crippen molar-refractivity contribution >= 4 is 23.0 Å². The van der Waals surface area contributed by atoms with Crippen LogP contribution in [0.5, 0.6) is 0 Å². The van der Waals surface area contributed by atoms with Crippen LogP contribution in [0.3, 0.4) is 0 Å². The van der Waals surface area contributed by atoms with E-state index in [9.17, 15) is 9.18 Å². The van der Waals surface area contributed by atoms with Crippen molar-refractivity contribution in [3.63, 3.8) is 0 Å². The summed E-state index contributed by atoms with van der Waals surface area (Å²) in [7, 11) is 3.07. The molecule has 0 aliphatic carbocycles. The number of nitrogens with two attached hydrogens (primary N) is 1. The van der Waals surface area contributed by atoms with E-state index in [1.54, 1.807) is 31.0 Å². The summed E-state index contributed by atoms with van der Waals surface area (Å²) in [4.78, 5) is 23.3. The molecule has 3 rings (SSSR count). The summed E-state index contributed by atoms with van der Waals surface area (Å²) in [6.07, 6.45) is 0. The van der Waals surface area contributed by atoms with Gasteiger partial charge in [-0.25, -0.2) is 19.2 Å². The number of allylic oxidation sites excluding steroid dienone is 1. The van der Waals surface area contributed by atoms with Crippen LogP contribution in [-0.2, 0) is 4.74 Å². The monoisotopic (exact) mass is 420 g/mol. The SMILES string of the molecule is COC(=O)c1cc(N(C)c2ccc(F)cc2)nc(C(=C(C)N)c2c(C)cccc2C)n1. The lowest BCUT2D eigenvalue weighted by atomic mass is 9.94. The maximum Gasteiger partial charge on any atom is 0.356 e. The van der Waals surface area contributed by atoms with Gasteiger partial charge in [-0.2, -0.15) is 0 Å². The number of ether oxygens (including phenoxy) is 1. The number of halogens is 1. The number of carbonyl (C=O) groups is 1. The van der Waals surface area contributed by atoms with E-state index >= 15 is 0 Å². The highest BCUT2D eigenvalue weighted by Crippen LogP contribution is 2.31. The molecule has 0 radical (unpaired) electrons. The first-order valence-corrected chi connectivity index (χ1v) is 9.73. The highest BCUT2D eigenvalue weighted by atomic mass is 19.1. The third kappa shape index (κ3) is 4.55. The van der Waals surface area contributed by atoms with Gasteiger partial charge in [-0.3, -0.25) is 0 Å². The van der Waals surface area contributed by atoms with Crippen LogP contribution >= 0.6 is 0 Å². The average molecular weight is 420 g/mol. The molecule has 0 spiro atoms. The molecule has 2 aromatic carbocycles. The van der Waals surface area contributed by atoms with Crippen LogP contribution < -0.4 is 10.6 Å². The Morgan fingerprint density at radius 2 is 1.68 bits per heavy atom. The lowest BCUT2D eigenvalue weighted by Gasteiger charge is -2.21. The van der Waals surface area contributed by atoms with E-state index in [4.69, 9.17) is 15.5 Å². The third-order valence-electron chi connectivity index (χ3n) is 5.01. The second-order valence-electron chi connectivity index (χ2n) is 7.29. The molecule has 0 aliphatic rings. The van der Waals surface area contributed by atoms with Crippen LogP contribution in [0.4, 0.5) is 15.9 Å². The molecule has 0 aliphatic heterocycles. The van der Waals surface area contributed by atoms with Crippen LogP contribution in [-0.4, -0.2) is 30.1 Å². The Kier molecular flexibility index (Phi) is 6.34. The molecule has 7 heteroatoms. The average Bonchev–Trinajstić information content (AvgIpc) is 2.75. The van der Waals surface area contributed by atoms with Crippen molar-refractivity contribution in [1.29, 1.82) is 0 Å². The summed E-state index contributed by atoms with van der Waals surface area (Å²) in [5, 5.41) is 0. The third-order valence-corrected chi connectivity index (χ3v) is 5.01. The molecule has 0 amide bonds. The fraction of sp³-hybridized carbons (Fsp3) is 0.208. The number of aryl methyl sites for hydroxylation is 2. The predicted molar refractivity (Wildman–Crippen MR) is 120 cm³/mol. The highest BCUT2D eigenvalue weighted by Gasteiger charge is 2.21. The molecular weight excluding hydrogens is 395 g/mol. The van der Waals surface area contributed by atoms with Crippen LogP contribution in [0.15, 0.2) is 54.2 Å². The highest BCUT2D eigenvalue weighted by molar-refractivity contribution is 5.90. The number of rotatable bonds is 5. The Morgan fingerprint density at radius 1 is 1.06 bits per heavy atom. The van der Waals surface area contributed by atoms with Crippen LogP contribution in [0.2, 0.25) is 0 Å². The first-order valence-electron chi connectivity index (χ1n) is 9.73. The van der Waals surface area contributed by atoms with E-state index in [0.29, 0.717) is 28.6 Å². The van der Waals surface area contributed by atoms with Crippen molar-refractivity contribution in [2.75, 3.05) is 19.1 Å². The van der Waals surface area contributed by atoms with Crippen molar-refractivity contribution in [2.24, 2.45) is 5.73 Å². The minimum atomic E-state index is -0.590. The van der Waals surface area contributed by atoms with Gasteiger partial charge < -0.3 is 15.4 Å². The van der Waals surface area contributed by atoms with Crippen LogP contribution in [0.25, 0.3) is 5.57 Å². The number of esters is 1. The molecule has 2 N–H and O–H groups in total. The first-order chi connectivity index (χ1) is 14.7. The predicted octanol–water partition coefficient (Wildman–Crippen LogP) is 4.53. The Bertz CT molecular complexity index is 1130. The van der Waals surface area contributed by atoms with Gasteiger partial charge in [0.25, 0.3) is 0 Å². The topological polar surface area (TPSA) is 81.3 Å². The molecule has 1 heterocycles. The summed E-state index contributed by atoms with van der Waals surface area (Å²) in [6.45, 7) is 5.75. The van der Waals surface area contributed by atoms with Gasteiger partial charge in [0.2, 0.25) is 0 Å². The maximum atomic E-state index is 13.4. The molecule has 0 atom stereocenters. The summed E-state index contributed by atoms with van der Waals surface area (Å²) in [5.41, 5.74) is 11.2. The Labute approximate surface area is 181 Å². The largest absolute Gasteiger partial charge is 0.464 e. The Morgan fingerprint density at radius 3 is 2.23 bits per heavy atom. The minimum Gasteiger partial charge on any atom is -0.464 e. The Hall–Kier alpha value is -3.74. The molecule has 3 aromatic rings. The zero-order valence-corrected chi connectivity index (χ0v) is 18.2. The van der Waals surface area contributed by atoms with Crippen LogP contribution in [0.1, 0.15) is 39.9 Å². The summed E-state index contributed by atoms with van der Waals surface area (Å²) in [6, 6.07) is 13.5. The van der Waals surface area contributed by atoms with E-state index in [1.165, 1.54) is 25.3 Å². The number of methoxy groups -OCH3 is 1. The van der Waals surface area contributed by atoms with Gasteiger partial charge in [-0.15, -0.1) is 0 Å². The molecule has 0 bridgehead atoms. The molecule has 1 aromatic heterocycles. The molecule has 0 saturated heterocycles. The molecule has 31 heavy (non-hydrogen) atoms. The van der Waals surface area contributed by atoms with Crippen molar-refractivity contribution in [3.8, 4) is 0 Å². The van der Waals surface area contributed by atoms with E-state index in [-0.39, 0.29) is 11.5 Å². The fourth-order valence-electron chi connectivity index (χ4n) is 3.42. The normalized spacial score (nSPS) is 11.7. The number of nitrogens with zero attached hydrogens (tertiary/aromatic N) is 3. The van der Waals surface area contributed by atoms with Crippen molar-refractivity contribution in [1.82, 2.24) is 9.97 Å². The van der Waals surface area contributed by atoms with Gasteiger partial charge in [0.15, 0.2) is 11.5 Å². The molecule has 160 valence electrons. The van der Waals surface area contributed by atoms with Gasteiger partial charge >= 0.3 is 5.97 Å². The van der Waals surface area contributed by atoms with E-state index in [0.717, 1.165) is 16.7 Å². The quantitative estimate of drug-likeness (QED) is 0.611.